The molecule has 0 fully saturated rings. The molecule has 0 aliphatic rings. The number of carbonyl (C=O) groups is 9. The lowest BCUT2D eigenvalue weighted by Gasteiger charge is -2.32. The van der Waals surface area contributed by atoms with Crippen molar-refractivity contribution >= 4 is 65.8 Å². The highest BCUT2D eigenvalue weighted by Crippen LogP contribution is 2.13. The Hall–Kier alpha value is -6.14. The van der Waals surface area contributed by atoms with Crippen molar-refractivity contribution in [2.75, 3.05) is 110 Å². The molecule has 2 aromatic carbocycles. The molecule has 0 atom stereocenters. The molecule has 0 saturated carbocycles. The van der Waals surface area contributed by atoms with E-state index in [1.807, 2.05) is 48.5 Å². The second-order valence-corrected chi connectivity index (χ2v) is 20.4. The summed E-state index contributed by atoms with van der Waals surface area (Å²) in [5.41, 5.74) is 30.4. The largest absolute Gasteiger partial charge is 0.368 e. The van der Waals surface area contributed by atoms with Gasteiger partial charge in [0.1, 0.15) is 6.54 Å². The minimum absolute atomic E-state index is 0.000605. The van der Waals surface area contributed by atoms with E-state index in [4.69, 9.17) is 28.7 Å². The van der Waals surface area contributed by atoms with E-state index in [2.05, 4.69) is 23.3 Å². The molecule has 0 saturated heterocycles. The molecule has 0 radical (unpaired) electrons. The number of carbonyl (C=O) groups excluding carboxylic acids is 9. The van der Waals surface area contributed by atoms with E-state index in [1.165, 1.54) is 29.4 Å². The number of rotatable bonds is 46. The second-order valence-electron chi connectivity index (χ2n) is 20.0. The Morgan fingerprint density at radius 2 is 0.688 bits per heavy atom. The van der Waals surface area contributed by atoms with Gasteiger partial charge in [-0.1, -0.05) is 73.5 Å². The Bertz CT molecular complexity index is 2130. The summed E-state index contributed by atoms with van der Waals surface area (Å²) in [6.45, 7) is 1.01. The fourth-order valence-corrected chi connectivity index (χ4v) is 8.79. The first-order valence-electron chi connectivity index (χ1n) is 28.6. The van der Waals surface area contributed by atoms with E-state index < -0.39 is 55.1 Å². The van der Waals surface area contributed by atoms with Crippen LogP contribution >= 0.6 is 12.6 Å². The summed E-state index contributed by atoms with van der Waals surface area (Å²) in [5.74, 6) is -3.06. The van der Waals surface area contributed by atoms with E-state index in [9.17, 15) is 43.2 Å². The monoisotopic (exact) mass is 1140 g/mol. The topological polar surface area (TPSA) is 327 Å². The van der Waals surface area contributed by atoms with Crippen molar-refractivity contribution < 1.29 is 43.2 Å². The van der Waals surface area contributed by atoms with Crippen LogP contribution in [0.1, 0.15) is 120 Å². The van der Waals surface area contributed by atoms with Gasteiger partial charge in [-0.25, -0.2) is 0 Å². The van der Waals surface area contributed by atoms with Gasteiger partial charge in [0, 0.05) is 71.6 Å². The molecule has 2 aromatic rings. The van der Waals surface area contributed by atoms with E-state index >= 15 is 0 Å². The number of nitrogens with one attached hydrogen (secondary N) is 2. The molecule has 22 nitrogen and oxygen atoms in total. The summed E-state index contributed by atoms with van der Waals surface area (Å²) in [5, 5.41) is 5.77. The average molecular weight is 1140 g/mol. The maximum absolute atomic E-state index is 14.6. The molecule has 0 spiro atoms. The molecule has 12 N–H and O–H groups in total. The zero-order valence-corrected chi connectivity index (χ0v) is 48.3. The fraction of sp³-hybridized carbons (Fsp3) is 0.632. The number of hydrogen-bond acceptors (Lipinski definition) is 14. The Labute approximate surface area is 480 Å². The molecule has 0 unspecified atom stereocenters. The molecule has 80 heavy (non-hydrogen) atoms. The lowest BCUT2D eigenvalue weighted by Crippen LogP contribution is -2.52. The summed E-state index contributed by atoms with van der Waals surface area (Å²) >= 11 is 4.06. The molecule has 9 amide bonds. The Balaban J connectivity index is 2.26. The number of unbranched alkanes of at least 4 members (excludes halogenated alkanes) is 8. The van der Waals surface area contributed by atoms with Crippen LogP contribution in [0.25, 0.3) is 0 Å². The SMILES string of the molecule is NCCCCN(CC(=O)N(CCCCN)CC(=O)N(CCCCN)CC(=O)N(CC(=O)N(CCCCN)CC(=O)N(CC(N)=O)Cc1ccccc1)Cc1ccccc1)C(=O)CCCCCNC(=O)CCCCCNC(=O)CCS. The first-order valence-corrected chi connectivity index (χ1v) is 29.3. The van der Waals surface area contributed by atoms with Crippen LogP contribution in [0, 0.1) is 0 Å². The summed E-state index contributed by atoms with van der Waals surface area (Å²) in [6.07, 6.45) is 9.46. The lowest BCUT2D eigenvalue weighted by molar-refractivity contribution is -0.148. The van der Waals surface area contributed by atoms with Crippen molar-refractivity contribution in [3.63, 3.8) is 0 Å². The van der Waals surface area contributed by atoms with Gasteiger partial charge in [-0.2, -0.15) is 12.6 Å². The molecular weight excluding hydrogens is 1040 g/mol. The summed E-state index contributed by atoms with van der Waals surface area (Å²) < 4.78 is 0. The van der Waals surface area contributed by atoms with Gasteiger partial charge in [0.2, 0.25) is 53.2 Å². The van der Waals surface area contributed by atoms with Gasteiger partial charge in [-0.15, -0.1) is 0 Å². The molecule has 0 bridgehead atoms. The average Bonchev–Trinajstić information content (AvgIpc) is 3.43. The van der Waals surface area contributed by atoms with Crippen molar-refractivity contribution in [1.82, 2.24) is 40.0 Å². The number of primary amides is 1. The van der Waals surface area contributed by atoms with Gasteiger partial charge in [0.05, 0.1) is 32.7 Å². The number of nitrogens with two attached hydrogens (primary N) is 5. The van der Waals surface area contributed by atoms with Crippen molar-refractivity contribution in [2.24, 2.45) is 28.7 Å². The maximum Gasteiger partial charge on any atom is 0.242 e. The molecule has 0 heterocycles. The van der Waals surface area contributed by atoms with Crippen LogP contribution in [0.5, 0.6) is 0 Å². The summed E-state index contributed by atoms with van der Waals surface area (Å²) in [6, 6.07) is 18.1. The number of amides is 9. The van der Waals surface area contributed by atoms with Crippen LogP contribution in [0.15, 0.2) is 60.7 Å². The highest BCUT2D eigenvalue weighted by Gasteiger charge is 2.30. The number of nitrogens with zero attached hydrogens (tertiary/aromatic N) is 6. The third-order valence-corrected chi connectivity index (χ3v) is 13.4. The molecule has 23 heteroatoms. The van der Waals surface area contributed by atoms with Gasteiger partial charge >= 0.3 is 0 Å². The molecule has 0 aliphatic heterocycles. The zero-order valence-electron chi connectivity index (χ0n) is 47.4. The standard InChI is InChI=1S/C57H95N13O9S/c58-28-11-17-34-65(52(74)26-10-4-16-32-63-50(72)25-9-3-15-33-64-51(73)27-38-80)42-53(75)66(35-18-12-29-59)43-54(76)67(36-19-13-30-60)45-57(79)70(40-48-23-7-2-8-24-48)46-55(77)68(37-20-14-31-61)44-56(78)69(41-49(62)71)39-47-21-5-1-6-22-47/h1-2,5-8,21-24,80H,3-4,9-20,25-46,58-61H2,(H2,62,71)(H,63,72)(H,64,73). The van der Waals surface area contributed by atoms with Gasteiger partial charge in [0.25, 0.3) is 0 Å². The van der Waals surface area contributed by atoms with Crippen molar-refractivity contribution in [3.05, 3.63) is 71.8 Å². The van der Waals surface area contributed by atoms with Crippen LogP contribution in [0.2, 0.25) is 0 Å². The van der Waals surface area contributed by atoms with E-state index in [-0.39, 0.29) is 83.0 Å². The van der Waals surface area contributed by atoms with Gasteiger partial charge in [-0.3, -0.25) is 43.2 Å². The first kappa shape index (κ1) is 70.0. The highest BCUT2D eigenvalue weighted by atomic mass is 32.1. The van der Waals surface area contributed by atoms with E-state index in [0.29, 0.717) is 140 Å². The van der Waals surface area contributed by atoms with Crippen LogP contribution in [-0.2, 0) is 56.2 Å². The smallest absolute Gasteiger partial charge is 0.242 e. The Morgan fingerprint density at radius 1 is 0.362 bits per heavy atom. The van der Waals surface area contributed by atoms with Gasteiger partial charge < -0.3 is 68.7 Å². The van der Waals surface area contributed by atoms with E-state index in [1.54, 1.807) is 12.1 Å². The maximum atomic E-state index is 14.6. The normalized spacial score (nSPS) is 10.9. The lowest BCUT2D eigenvalue weighted by atomic mass is 10.1. The van der Waals surface area contributed by atoms with Crippen molar-refractivity contribution in [2.45, 2.75) is 122 Å². The van der Waals surface area contributed by atoms with Crippen LogP contribution in [0.4, 0.5) is 0 Å². The minimum Gasteiger partial charge on any atom is -0.368 e. The summed E-state index contributed by atoms with van der Waals surface area (Å²) in [7, 11) is 0. The number of hydrogen-bond donors (Lipinski definition) is 8. The molecule has 0 aliphatic carbocycles. The minimum atomic E-state index is -0.720. The van der Waals surface area contributed by atoms with Crippen molar-refractivity contribution in [3.8, 4) is 0 Å². The van der Waals surface area contributed by atoms with Gasteiger partial charge in [0.15, 0.2) is 0 Å². The molecule has 2 rings (SSSR count). The number of benzene rings is 2. The molecule has 448 valence electrons. The first-order chi connectivity index (χ1) is 38.6. The third kappa shape index (κ3) is 31.6. The quantitative estimate of drug-likeness (QED) is 0.0345. The predicted molar refractivity (Wildman–Crippen MR) is 314 cm³/mol. The number of thiol groups is 1. The van der Waals surface area contributed by atoms with Gasteiger partial charge in [-0.05, 0) is 120 Å². The van der Waals surface area contributed by atoms with Crippen LogP contribution in [-0.4, -0.2) is 193 Å². The van der Waals surface area contributed by atoms with Crippen molar-refractivity contribution in [1.29, 1.82) is 0 Å². The fourth-order valence-electron chi connectivity index (χ4n) is 8.59. The second kappa shape index (κ2) is 43.6. The third-order valence-electron chi connectivity index (χ3n) is 13.2. The van der Waals surface area contributed by atoms with E-state index in [0.717, 1.165) is 18.4 Å². The zero-order chi connectivity index (χ0) is 58.8. The molecular formula is C57H95N13O9S. The highest BCUT2D eigenvalue weighted by molar-refractivity contribution is 7.80. The van der Waals surface area contributed by atoms with Crippen LogP contribution < -0.4 is 39.3 Å². The summed E-state index contributed by atoms with van der Waals surface area (Å²) in [4.78, 5) is 130. The predicted octanol–water partition coefficient (Wildman–Crippen LogP) is 1.47. The van der Waals surface area contributed by atoms with Crippen LogP contribution in [0.3, 0.4) is 0 Å². The Kier molecular flexibility index (Phi) is 38.2. The Morgan fingerprint density at radius 3 is 1.05 bits per heavy atom. The molecule has 0 aromatic heterocycles.